The van der Waals surface area contributed by atoms with Gasteiger partial charge in [-0.25, -0.2) is 10.0 Å². The third-order valence-corrected chi connectivity index (χ3v) is 4.62. The molecule has 0 aromatic heterocycles. The summed E-state index contributed by atoms with van der Waals surface area (Å²) in [5, 5.41) is 2.38. The van der Waals surface area contributed by atoms with Crippen molar-refractivity contribution in [2.75, 3.05) is 33.0 Å². The first kappa shape index (κ1) is 13.1. The highest BCUT2D eigenvalue weighted by Crippen LogP contribution is 2.54. The SMILES string of the molecule is COc1cc(OC)c2ccccc2c1S(C)(C)C. The minimum absolute atomic E-state index is 0.870. The summed E-state index contributed by atoms with van der Waals surface area (Å²) in [6, 6.07) is 10.3. The molecule has 0 heterocycles. The molecule has 0 unspecified atom stereocenters. The molecule has 0 saturated heterocycles. The maximum atomic E-state index is 5.56. The van der Waals surface area contributed by atoms with Crippen LogP contribution in [0.3, 0.4) is 0 Å². The molecule has 0 fully saturated rings. The quantitative estimate of drug-likeness (QED) is 0.837. The largest absolute Gasteiger partial charge is 0.496 e. The molecule has 0 aliphatic carbocycles. The number of rotatable bonds is 3. The fourth-order valence-electron chi connectivity index (χ4n) is 2.24. The molecule has 18 heavy (non-hydrogen) atoms. The predicted molar refractivity (Wildman–Crippen MR) is 80.7 cm³/mol. The monoisotopic (exact) mass is 264 g/mol. The lowest BCUT2D eigenvalue weighted by Crippen LogP contribution is -2.00. The van der Waals surface area contributed by atoms with E-state index in [1.807, 2.05) is 12.1 Å². The number of hydrogen-bond donors (Lipinski definition) is 0. The van der Waals surface area contributed by atoms with Gasteiger partial charge in [0.05, 0.1) is 14.2 Å². The van der Waals surface area contributed by atoms with Gasteiger partial charge in [0.25, 0.3) is 0 Å². The van der Waals surface area contributed by atoms with Crippen LogP contribution in [0.25, 0.3) is 10.8 Å². The first-order valence-electron chi connectivity index (χ1n) is 5.81. The van der Waals surface area contributed by atoms with Crippen LogP contribution in [0.4, 0.5) is 0 Å². The zero-order valence-electron chi connectivity index (χ0n) is 11.6. The number of methoxy groups -OCH3 is 2. The Balaban J connectivity index is 2.90. The average molecular weight is 264 g/mol. The highest BCUT2D eigenvalue weighted by atomic mass is 32.3. The fraction of sp³-hybridized carbons (Fsp3) is 0.333. The molecule has 0 bridgehead atoms. The Morgan fingerprint density at radius 2 is 1.39 bits per heavy atom. The Kier molecular flexibility index (Phi) is 3.44. The lowest BCUT2D eigenvalue weighted by atomic mass is 10.1. The van der Waals surface area contributed by atoms with Crippen LogP contribution in [-0.2, 0) is 0 Å². The second-order valence-corrected chi connectivity index (χ2v) is 9.08. The Labute approximate surface area is 110 Å². The topological polar surface area (TPSA) is 18.5 Å². The minimum atomic E-state index is -0.878. The highest BCUT2D eigenvalue weighted by Gasteiger charge is 2.20. The van der Waals surface area contributed by atoms with E-state index in [-0.39, 0.29) is 0 Å². The van der Waals surface area contributed by atoms with Crippen LogP contribution in [-0.4, -0.2) is 33.0 Å². The smallest absolute Gasteiger partial charge is 0.135 e. The summed E-state index contributed by atoms with van der Waals surface area (Å²) < 4.78 is 11.0. The van der Waals surface area contributed by atoms with E-state index in [4.69, 9.17) is 9.47 Å². The van der Waals surface area contributed by atoms with Gasteiger partial charge >= 0.3 is 0 Å². The number of hydrogen-bond acceptors (Lipinski definition) is 2. The molecule has 0 saturated carbocycles. The van der Waals surface area contributed by atoms with E-state index >= 15 is 0 Å². The number of ether oxygens (including phenoxy) is 2. The van der Waals surface area contributed by atoms with Crippen LogP contribution in [0.5, 0.6) is 11.5 Å². The van der Waals surface area contributed by atoms with Crippen LogP contribution in [0.1, 0.15) is 0 Å². The predicted octanol–water partition coefficient (Wildman–Crippen LogP) is 3.91. The molecular weight excluding hydrogens is 244 g/mol. The van der Waals surface area contributed by atoms with Crippen molar-refractivity contribution in [2.45, 2.75) is 4.90 Å². The number of fused-ring (bicyclic) bond motifs is 1. The Hall–Kier alpha value is -1.35. The molecule has 0 aliphatic heterocycles. The van der Waals surface area contributed by atoms with E-state index in [2.05, 4.69) is 37.0 Å². The average Bonchev–Trinajstić information content (AvgIpc) is 2.35. The van der Waals surface area contributed by atoms with Crippen LogP contribution in [0.2, 0.25) is 0 Å². The maximum absolute atomic E-state index is 5.56. The lowest BCUT2D eigenvalue weighted by Gasteiger charge is -2.30. The zero-order chi connectivity index (χ0) is 13.3. The molecule has 2 nitrogen and oxygen atoms in total. The van der Waals surface area contributed by atoms with Crippen molar-refractivity contribution in [1.82, 2.24) is 0 Å². The van der Waals surface area contributed by atoms with Gasteiger partial charge in [-0.2, -0.15) is 0 Å². The molecule has 0 amide bonds. The Morgan fingerprint density at radius 1 is 0.833 bits per heavy atom. The summed E-state index contributed by atoms with van der Waals surface area (Å²) in [6.45, 7) is 0. The third kappa shape index (κ3) is 2.15. The van der Waals surface area contributed by atoms with Crippen molar-refractivity contribution in [3.63, 3.8) is 0 Å². The fourth-order valence-corrected chi connectivity index (χ4v) is 3.83. The molecule has 0 radical (unpaired) electrons. The molecule has 98 valence electrons. The molecule has 2 aromatic rings. The second kappa shape index (κ2) is 4.73. The lowest BCUT2D eigenvalue weighted by molar-refractivity contribution is 0.391. The van der Waals surface area contributed by atoms with E-state index in [9.17, 15) is 0 Å². The van der Waals surface area contributed by atoms with Gasteiger partial charge in [-0.1, -0.05) is 24.3 Å². The van der Waals surface area contributed by atoms with E-state index < -0.39 is 10.0 Å². The van der Waals surface area contributed by atoms with Crippen molar-refractivity contribution in [3.8, 4) is 11.5 Å². The molecule has 0 spiro atoms. The summed E-state index contributed by atoms with van der Waals surface area (Å²) in [4.78, 5) is 1.31. The zero-order valence-corrected chi connectivity index (χ0v) is 12.4. The van der Waals surface area contributed by atoms with E-state index in [0.29, 0.717) is 0 Å². The molecular formula is C15H20O2S. The first-order chi connectivity index (χ1) is 8.49. The molecule has 2 rings (SSSR count). The summed E-state index contributed by atoms with van der Waals surface area (Å²) >= 11 is 0. The maximum Gasteiger partial charge on any atom is 0.135 e. The van der Waals surface area contributed by atoms with Crippen LogP contribution in [0, 0.1) is 0 Å². The first-order valence-corrected chi connectivity index (χ1v) is 8.67. The van der Waals surface area contributed by atoms with Gasteiger partial charge < -0.3 is 9.47 Å². The normalized spacial score (nSPS) is 12.5. The second-order valence-electron chi connectivity index (χ2n) is 4.99. The summed E-state index contributed by atoms with van der Waals surface area (Å²) in [6.07, 6.45) is 6.84. The van der Waals surface area contributed by atoms with Gasteiger partial charge in [0, 0.05) is 21.7 Å². The molecule has 0 N–H and O–H groups in total. The summed E-state index contributed by atoms with van der Waals surface area (Å²) in [7, 11) is 2.54. The highest BCUT2D eigenvalue weighted by molar-refractivity contribution is 8.32. The van der Waals surface area contributed by atoms with Crippen LogP contribution < -0.4 is 9.47 Å². The molecule has 0 atom stereocenters. The van der Waals surface area contributed by atoms with E-state index in [1.165, 1.54) is 10.3 Å². The summed E-state index contributed by atoms with van der Waals surface area (Å²) in [5.41, 5.74) is 0. The van der Waals surface area contributed by atoms with Crippen molar-refractivity contribution in [1.29, 1.82) is 0 Å². The van der Waals surface area contributed by atoms with Crippen LogP contribution >= 0.6 is 10.0 Å². The molecule has 3 heteroatoms. The van der Waals surface area contributed by atoms with Gasteiger partial charge in [0.1, 0.15) is 11.5 Å². The van der Waals surface area contributed by atoms with Crippen LogP contribution in [0.15, 0.2) is 35.2 Å². The van der Waals surface area contributed by atoms with Gasteiger partial charge in [-0.3, -0.25) is 0 Å². The minimum Gasteiger partial charge on any atom is -0.496 e. The van der Waals surface area contributed by atoms with E-state index in [1.54, 1.807) is 14.2 Å². The Bertz CT molecular complexity index is 570. The van der Waals surface area contributed by atoms with Crippen molar-refractivity contribution < 1.29 is 9.47 Å². The summed E-state index contributed by atoms with van der Waals surface area (Å²) in [5.74, 6) is 1.79. The van der Waals surface area contributed by atoms with Crippen molar-refractivity contribution in [3.05, 3.63) is 30.3 Å². The van der Waals surface area contributed by atoms with Gasteiger partial charge in [0.2, 0.25) is 0 Å². The van der Waals surface area contributed by atoms with Gasteiger partial charge in [0.15, 0.2) is 0 Å². The van der Waals surface area contributed by atoms with Gasteiger partial charge in [-0.15, -0.1) is 0 Å². The van der Waals surface area contributed by atoms with Crippen molar-refractivity contribution in [2.24, 2.45) is 0 Å². The van der Waals surface area contributed by atoms with Crippen molar-refractivity contribution >= 4 is 20.8 Å². The third-order valence-electron chi connectivity index (χ3n) is 2.98. The van der Waals surface area contributed by atoms with E-state index in [0.717, 1.165) is 16.9 Å². The standard InChI is InChI=1S/C15H20O2S/c1-16-13-10-14(17-2)15(18(3,4)5)12-9-7-6-8-11(12)13/h6-10H,1-5H3. The number of benzene rings is 2. The molecule has 2 aromatic carbocycles. The molecule has 0 aliphatic rings. The Morgan fingerprint density at radius 3 is 1.89 bits per heavy atom. The van der Waals surface area contributed by atoms with Gasteiger partial charge in [-0.05, 0) is 18.8 Å².